The van der Waals surface area contributed by atoms with Crippen molar-refractivity contribution >= 4 is 34.6 Å². The minimum atomic E-state index is -0.483. The maximum atomic E-state index is 10.8. The molecular formula is C13H17Cl2N3O2. The summed E-state index contributed by atoms with van der Waals surface area (Å²) in [5.74, 6) is 0. The Morgan fingerprint density at radius 1 is 1.45 bits per heavy atom. The normalized spacial score (nSPS) is 18.2. The molecule has 0 amide bonds. The van der Waals surface area contributed by atoms with Gasteiger partial charge in [-0.1, -0.05) is 30.1 Å². The second-order valence-electron chi connectivity index (χ2n) is 4.86. The number of benzene rings is 1. The summed E-state index contributed by atoms with van der Waals surface area (Å²) >= 11 is 12.5. The summed E-state index contributed by atoms with van der Waals surface area (Å²) in [6.07, 6.45) is 1.98. The zero-order valence-corrected chi connectivity index (χ0v) is 12.7. The molecule has 5 nitrogen and oxygen atoms in total. The van der Waals surface area contributed by atoms with E-state index in [1.165, 1.54) is 12.1 Å². The highest BCUT2D eigenvalue weighted by atomic mass is 35.5. The molecule has 0 aromatic heterocycles. The van der Waals surface area contributed by atoms with Gasteiger partial charge in [0.15, 0.2) is 0 Å². The van der Waals surface area contributed by atoms with Crippen LogP contribution in [0, 0.1) is 10.1 Å². The van der Waals surface area contributed by atoms with E-state index in [2.05, 4.69) is 17.1 Å². The fourth-order valence-corrected chi connectivity index (χ4v) is 3.25. The van der Waals surface area contributed by atoms with Crippen LogP contribution in [0.4, 0.5) is 11.4 Å². The highest BCUT2D eigenvalue weighted by Crippen LogP contribution is 2.39. The van der Waals surface area contributed by atoms with Gasteiger partial charge in [-0.3, -0.25) is 10.1 Å². The lowest BCUT2D eigenvalue weighted by molar-refractivity contribution is -0.384. The number of anilines is 1. The quantitative estimate of drug-likeness (QED) is 0.667. The van der Waals surface area contributed by atoms with E-state index in [-0.39, 0.29) is 5.69 Å². The lowest BCUT2D eigenvalue weighted by Gasteiger charge is -2.31. The predicted molar refractivity (Wildman–Crippen MR) is 82.0 cm³/mol. The van der Waals surface area contributed by atoms with E-state index in [4.69, 9.17) is 23.2 Å². The van der Waals surface area contributed by atoms with E-state index >= 15 is 0 Å². The first-order valence-corrected chi connectivity index (χ1v) is 7.41. The van der Waals surface area contributed by atoms with E-state index in [1.807, 2.05) is 0 Å². The van der Waals surface area contributed by atoms with Gasteiger partial charge in [-0.05, 0) is 19.4 Å². The van der Waals surface area contributed by atoms with Gasteiger partial charge in [0.05, 0.1) is 20.7 Å². The van der Waals surface area contributed by atoms with Crippen molar-refractivity contribution in [3.05, 3.63) is 32.3 Å². The molecule has 1 N–H and O–H groups in total. The maximum absolute atomic E-state index is 10.8. The van der Waals surface area contributed by atoms with Gasteiger partial charge in [0.1, 0.15) is 0 Å². The van der Waals surface area contributed by atoms with Crippen molar-refractivity contribution in [3.63, 3.8) is 0 Å². The highest BCUT2D eigenvalue weighted by molar-refractivity contribution is 6.39. The van der Waals surface area contributed by atoms with Crippen molar-refractivity contribution in [2.45, 2.75) is 25.8 Å². The third-order valence-corrected chi connectivity index (χ3v) is 4.02. The smallest absolute Gasteiger partial charge is 0.272 e. The van der Waals surface area contributed by atoms with Crippen molar-refractivity contribution in [1.29, 1.82) is 0 Å². The van der Waals surface area contributed by atoms with Crippen LogP contribution in [0.15, 0.2) is 12.1 Å². The average Bonchev–Trinajstić information content (AvgIpc) is 2.90. The number of nitrogens with one attached hydrogen (secondary N) is 1. The van der Waals surface area contributed by atoms with Gasteiger partial charge in [0.25, 0.3) is 5.69 Å². The first-order valence-electron chi connectivity index (χ1n) is 6.65. The highest BCUT2D eigenvalue weighted by Gasteiger charge is 2.26. The molecule has 1 fully saturated rings. The minimum Gasteiger partial charge on any atom is -0.365 e. The SMILES string of the molecule is CCCN(c1c(Cl)cc([N+](=O)[O-])cc1Cl)C1CCNC1. The van der Waals surface area contributed by atoms with E-state index in [9.17, 15) is 10.1 Å². The number of hydrogen-bond donors (Lipinski definition) is 1. The number of halogens is 2. The number of hydrogen-bond acceptors (Lipinski definition) is 4. The molecule has 1 aliphatic heterocycles. The zero-order valence-electron chi connectivity index (χ0n) is 11.2. The molecular weight excluding hydrogens is 301 g/mol. The topological polar surface area (TPSA) is 58.4 Å². The van der Waals surface area contributed by atoms with Crippen LogP contribution in [0.25, 0.3) is 0 Å². The fourth-order valence-electron chi connectivity index (χ4n) is 2.56. The molecule has 1 aliphatic rings. The Morgan fingerprint density at radius 2 is 2.10 bits per heavy atom. The molecule has 0 saturated carbocycles. The second-order valence-corrected chi connectivity index (χ2v) is 5.67. The number of non-ortho nitro benzene ring substituents is 1. The zero-order chi connectivity index (χ0) is 14.7. The molecule has 20 heavy (non-hydrogen) atoms. The van der Waals surface area contributed by atoms with Gasteiger partial charge < -0.3 is 10.2 Å². The predicted octanol–water partition coefficient (Wildman–Crippen LogP) is 3.48. The van der Waals surface area contributed by atoms with Crippen LogP contribution in [0.5, 0.6) is 0 Å². The molecule has 1 aromatic rings. The molecule has 0 radical (unpaired) electrons. The van der Waals surface area contributed by atoms with Crippen LogP contribution < -0.4 is 10.2 Å². The number of nitro groups is 1. The summed E-state index contributed by atoms with van der Waals surface area (Å²) in [5.41, 5.74) is 0.624. The number of rotatable bonds is 5. The summed E-state index contributed by atoms with van der Waals surface area (Å²) < 4.78 is 0. The monoisotopic (exact) mass is 317 g/mol. The van der Waals surface area contributed by atoms with Gasteiger partial charge in [-0.15, -0.1) is 0 Å². The molecule has 110 valence electrons. The van der Waals surface area contributed by atoms with Gasteiger partial charge >= 0.3 is 0 Å². The van der Waals surface area contributed by atoms with Gasteiger partial charge in [-0.2, -0.15) is 0 Å². The summed E-state index contributed by atoms with van der Waals surface area (Å²) in [6, 6.07) is 3.06. The Hall–Kier alpha value is -1.04. The first-order chi connectivity index (χ1) is 9.54. The largest absolute Gasteiger partial charge is 0.365 e. The second kappa shape index (κ2) is 6.61. The lowest BCUT2D eigenvalue weighted by atomic mass is 10.1. The molecule has 1 unspecified atom stereocenters. The summed E-state index contributed by atoms with van der Waals surface area (Å²) in [5, 5.41) is 14.8. The Bertz CT molecular complexity index is 481. The van der Waals surface area contributed by atoms with Crippen molar-refractivity contribution in [1.82, 2.24) is 5.32 Å². The van der Waals surface area contributed by atoms with Gasteiger partial charge in [0.2, 0.25) is 0 Å². The van der Waals surface area contributed by atoms with Gasteiger partial charge in [-0.25, -0.2) is 0 Å². The average molecular weight is 318 g/mol. The van der Waals surface area contributed by atoms with Crippen LogP contribution in [-0.4, -0.2) is 30.6 Å². The third-order valence-electron chi connectivity index (χ3n) is 3.44. The van der Waals surface area contributed by atoms with Crippen LogP contribution in [0.2, 0.25) is 10.0 Å². The van der Waals surface area contributed by atoms with Crippen molar-refractivity contribution in [2.24, 2.45) is 0 Å². The third kappa shape index (κ3) is 3.16. The number of nitro benzene ring substituents is 1. The Labute approximate surface area is 128 Å². The summed E-state index contributed by atoms with van der Waals surface area (Å²) in [7, 11) is 0. The van der Waals surface area contributed by atoms with Crippen molar-refractivity contribution < 1.29 is 4.92 Å². The Morgan fingerprint density at radius 3 is 2.55 bits per heavy atom. The summed E-state index contributed by atoms with van der Waals surface area (Å²) in [4.78, 5) is 12.5. The van der Waals surface area contributed by atoms with Crippen LogP contribution in [0.3, 0.4) is 0 Å². The Balaban J connectivity index is 2.39. The lowest BCUT2D eigenvalue weighted by Crippen LogP contribution is -2.38. The number of nitrogens with zero attached hydrogens (tertiary/aromatic N) is 2. The van der Waals surface area contributed by atoms with E-state index in [0.717, 1.165) is 32.5 Å². The fraction of sp³-hybridized carbons (Fsp3) is 0.538. The molecule has 0 spiro atoms. The molecule has 0 bridgehead atoms. The molecule has 1 aromatic carbocycles. The molecule has 1 heterocycles. The standard InChI is InChI=1S/C13H17Cl2N3O2/c1-2-5-17(9-3-4-16-8-9)13-11(14)6-10(18(19)20)7-12(13)15/h6-7,9,16H,2-5,8H2,1H3. The first kappa shape index (κ1) is 15.4. The molecule has 7 heteroatoms. The minimum absolute atomic E-state index is 0.0789. The molecule has 2 rings (SSSR count). The van der Waals surface area contributed by atoms with Crippen LogP contribution in [-0.2, 0) is 0 Å². The molecule has 1 saturated heterocycles. The van der Waals surface area contributed by atoms with Crippen molar-refractivity contribution in [3.8, 4) is 0 Å². The molecule has 1 atom stereocenters. The maximum Gasteiger partial charge on any atom is 0.272 e. The van der Waals surface area contributed by atoms with Crippen molar-refractivity contribution in [2.75, 3.05) is 24.5 Å². The van der Waals surface area contributed by atoms with Crippen LogP contribution in [0.1, 0.15) is 19.8 Å². The van der Waals surface area contributed by atoms with E-state index < -0.39 is 4.92 Å². The van der Waals surface area contributed by atoms with E-state index in [1.54, 1.807) is 0 Å². The van der Waals surface area contributed by atoms with Crippen LogP contribution >= 0.6 is 23.2 Å². The molecule has 0 aliphatic carbocycles. The van der Waals surface area contributed by atoms with E-state index in [0.29, 0.717) is 21.8 Å². The Kier molecular flexibility index (Phi) is 5.07. The summed E-state index contributed by atoms with van der Waals surface area (Å²) in [6.45, 7) is 4.75. The van der Waals surface area contributed by atoms with Gasteiger partial charge in [0, 0.05) is 31.3 Å².